The van der Waals surface area contributed by atoms with Crippen LogP contribution in [0.25, 0.3) is 0 Å². The van der Waals surface area contributed by atoms with Gasteiger partial charge in [-0.2, -0.15) is 11.8 Å². The zero-order chi connectivity index (χ0) is 13.9. The van der Waals surface area contributed by atoms with Gasteiger partial charge in [0.05, 0.1) is 6.04 Å². The molecular formula is C16H16N2OS. The molecule has 0 fully saturated rings. The summed E-state index contributed by atoms with van der Waals surface area (Å²) in [6, 6.07) is 16.1. The zero-order valence-corrected chi connectivity index (χ0v) is 11.8. The van der Waals surface area contributed by atoms with Crippen LogP contribution in [0.4, 0.5) is 5.69 Å². The van der Waals surface area contributed by atoms with Gasteiger partial charge in [0.25, 0.3) is 0 Å². The Morgan fingerprint density at radius 1 is 1.20 bits per heavy atom. The average Bonchev–Trinajstić information content (AvgIpc) is 2.48. The molecule has 102 valence electrons. The van der Waals surface area contributed by atoms with Crippen LogP contribution in [0.3, 0.4) is 0 Å². The SMILES string of the molecule is NC(=O)c1cccc(NC2CSCc3ccccc32)c1. The minimum absolute atomic E-state index is 0.271. The van der Waals surface area contributed by atoms with E-state index < -0.39 is 5.91 Å². The first kappa shape index (κ1) is 13.1. The summed E-state index contributed by atoms with van der Waals surface area (Å²) in [7, 11) is 0. The summed E-state index contributed by atoms with van der Waals surface area (Å²) >= 11 is 1.92. The Hall–Kier alpha value is -1.94. The van der Waals surface area contributed by atoms with Crippen molar-refractivity contribution in [3.8, 4) is 0 Å². The highest BCUT2D eigenvalue weighted by molar-refractivity contribution is 7.98. The molecule has 1 amide bonds. The Bertz CT molecular complexity index is 642. The molecule has 0 radical (unpaired) electrons. The molecule has 1 atom stereocenters. The predicted octanol–water partition coefficient (Wildman–Crippen LogP) is 3.19. The molecule has 1 aliphatic heterocycles. The normalized spacial score (nSPS) is 17.3. The molecule has 4 heteroatoms. The first-order valence-corrected chi connectivity index (χ1v) is 7.71. The van der Waals surface area contributed by atoms with Gasteiger partial charge in [-0.15, -0.1) is 0 Å². The average molecular weight is 284 g/mol. The maximum Gasteiger partial charge on any atom is 0.248 e. The van der Waals surface area contributed by atoms with E-state index in [9.17, 15) is 4.79 Å². The smallest absolute Gasteiger partial charge is 0.248 e. The van der Waals surface area contributed by atoms with Crippen LogP contribution in [0, 0.1) is 0 Å². The summed E-state index contributed by atoms with van der Waals surface area (Å²) in [5.41, 5.74) is 9.51. The van der Waals surface area contributed by atoms with Crippen LogP contribution < -0.4 is 11.1 Å². The summed E-state index contributed by atoms with van der Waals surface area (Å²) in [5, 5.41) is 3.50. The fourth-order valence-corrected chi connectivity index (χ4v) is 3.56. The summed E-state index contributed by atoms with van der Waals surface area (Å²) in [6.45, 7) is 0. The quantitative estimate of drug-likeness (QED) is 0.910. The fourth-order valence-electron chi connectivity index (χ4n) is 2.46. The molecule has 0 saturated heterocycles. The molecule has 1 aliphatic rings. The number of nitrogens with two attached hydrogens (primary N) is 1. The van der Waals surface area contributed by atoms with Crippen molar-refractivity contribution in [1.82, 2.24) is 0 Å². The van der Waals surface area contributed by atoms with Gasteiger partial charge in [-0.1, -0.05) is 30.3 Å². The number of rotatable bonds is 3. The third kappa shape index (κ3) is 2.65. The zero-order valence-electron chi connectivity index (χ0n) is 11.0. The number of primary amides is 1. The van der Waals surface area contributed by atoms with Crippen LogP contribution >= 0.6 is 11.8 Å². The number of hydrogen-bond donors (Lipinski definition) is 2. The minimum Gasteiger partial charge on any atom is -0.377 e. The summed E-state index contributed by atoms with van der Waals surface area (Å²) in [6.07, 6.45) is 0. The number of nitrogens with one attached hydrogen (secondary N) is 1. The molecule has 3 N–H and O–H groups in total. The van der Waals surface area contributed by atoms with Gasteiger partial charge in [-0.3, -0.25) is 4.79 Å². The maximum atomic E-state index is 11.2. The van der Waals surface area contributed by atoms with Gasteiger partial charge in [-0.05, 0) is 29.3 Å². The van der Waals surface area contributed by atoms with Crippen molar-refractivity contribution in [2.75, 3.05) is 11.1 Å². The Labute approximate surface area is 122 Å². The molecule has 0 aromatic heterocycles. The lowest BCUT2D eigenvalue weighted by atomic mass is 10.0. The summed E-state index contributed by atoms with van der Waals surface area (Å²) in [5.74, 6) is 1.69. The molecule has 2 aromatic rings. The van der Waals surface area contributed by atoms with Crippen molar-refractivity contribution in [2.24, 2.45) is 5.73 Å². The van der Waals surface area contributed by atoms with Crippen LogP contribution in [0.15, 0.2) is 48.5 Å². The molecule has 3 nitrogen and oxygen atoms in total. The van der Waals surface area contributed by atoms with Gasteiger partial charge >= 0.3 is 0 Å². The second-order valence-electron chi connectivity index (χ2n) is 4.86. The van der Waals surface area contributed by atoms with Crippen LogP contribution in [-0.2, 0) is 5.75 Å². The van der Waals surface area contributed by atoms with E-state index in [4.69, 9.17) is 5.73 Å². The van der Waals surface area contributed by atoms with Crippen molar-refractivity contribution in [3.63, 3.8) is 0 Å². The van der Waals surface area contributed by atoms with E-state index in [0.717, 1.165) is 17.2 Å². The van der Waals surface area contributed by atoms with E-state index >= 15 is 0 Å². The fraction of sp³-hybridized carbons (Fsp3) is 0.188. The number of thioether (sulfide) groups is 1. The van der Waals surface area contributed by atoms with E-state index in [0.29, 0.717) is 5.56 Å². The van der Waals surface area contributed by atoms with E-state index in [1.165, 1.54) is 11.1 Å². The van der Waals surface area contributed by atoms with Crippen LogP contribution in [0.2, 0.25) is 0 Å². The molecule has 1 heterocycles. The van der Waals surface area contributed by atoms with Crippen molar-refractivity contribution in [3.05, 3.63) is 65.2 Å². The van der Waals surface area contributed by atoms with Crippen molar-refractivity contribution >= 4 is 23.4 Å². The Balaban J connectivity index is 1.85. The minimum atomic E-state index is -0.396. The number of carbonyl (C=O) groups is 1. The lowest BCUT2D eigenvalue weighted by Crippen LogP contribution is -2.19. The highest BCUT2D eigenvalue weighted by atomic mass is 32.2. The Kier molecular flexibility index (Phi) is 3.65. The van der Waals surface area contributed by atoms with Crippen LogP contribution in [-0.4, -0.2) is 11.7 Å². The molecule has 0 bridgehead atoms. The van der Waals surface area contributed by atoms with Gasteiger partial charge in [0, 0.05) is 22.8 Å². The van der Waals surface area contributed by atoms with Gasteiger partial charge < -0.3 is 11.1 Å². The topological polar surface area (TPSA) is 55.1 Å². The molecular weight excluding hydrogens is 268 g/mol. The Morgan fingerprint density at radius 3 is 2.90 bits per heavy atom. The van der Waals surface area contributed by atoms with Gasteiger partial charge in [0.1, 0.15) is 0 Å². The molecule has 0 aliphatic carbocycles. The van der Waals surface area contributed by atoms with Gasteiger partial charge in [-0.25, -0.2) is 0 Å². The van der Waals surface area contributed by atoms with E-state index in [-0.39, 0.29) is 6.04 Å². The molecule has 0 spiro atoms. The van der Waals surface area contributed by atoms with Crippen molar-refractivity contribution in [2.45, 2.75) is 11.8 Å². The maximum absolute atomic E-state index is 11.2. The van der Waals surface area contributed by atoms with Gasteiger partial charge in [0.2, 0.25) is 5.91 Å². The summed E-state index contributed by atoms with van der Waals surface area (Å²) < 4.78 is 0. The molecule has 2 aromatic carbocycles. The third-order valence-electron chi connectivity index (χ3n) is 3.46. The number of hydrogen-bond acceptors (Lipinski definition) is 3. The lowest BCUT2D eigenvalue weighted by molar-refractivity contribution is 0.100. The Morgan fingerprint density at radius 2 is 2.05 bits per heavy atom. The van der Waals surface area contributed by atoms with E-state index in [2.05, 4.69) is 29.6 Å². The predicted molar refractivity (Wildman–Crippen MR) is 83.9 cm³/mol. The van der Waals surface area contributed by atoms with Crippen LogP contribution in [0.1, 0.15) is 27.5 Å². The highest BCUT2D eigenvalue weighted by Gasteiger charge is 2.19. The van der Waals surface area contributed by atoms with Crippen molar-refractivity contribution < 1.29 is 4.79 Å². The first-order valence-electron chi connectivity index (χ1n) is 6.56. The number of amides is 1. The number of fused-ring (bicyclic) bond motifs is 1. The molecule has 1 unspecified atom stereocenters. The lowest BCUT2D eigenvalue weighted by Gasteiger charge is -2.27. The molecule has 3 rings (SSSR count). The van der Waals surface area contributed by atoms with E-state index in [1.807, 2.05) is 30.0 Å². The second kappa shape index (κ2) is 5.59. The van der Waals surface area contributed by atoms with Gasteiger partial charge in [0.15, 0.2) is 0 Å². The van der Waals surface area contributed by atoms with Crippen LogP contribution in [0.5, 0.6) is 0 Å². The number of benzene rings is 2. The highest BCUT2D eigenvalue weighted by Crippen LogP contribution is 2.33. The summed E-state index contributed by atoms with van der Waals surface area (Å²) in [4.78, 5) is 11.2. The third-order valence-corrected chi connectivity index (χ3v) is 4.54. The van der Waals surface area contributed by atoms with E-state index in [1.54, 1.807) is 6.07 Å². The van der Waals surface area contributed by atoms with Crippen molar-refractivity contribution in [1.29, 1.82) is 0 Å². The standard InChI is InChI=1S/C16H16N2OS/c17-16(19)11-5-3-6-13(8-11)18-15-10-20-9-12-4-1-2-7-14(12)15/h1-8,15,18H,9-10H2,(H2,17,19). The first-order chi connectivity index (χ1) is 9.74. The monoisotopic (exact) mass is 284 g/mol. The molecule has 0 saturated carbocycles. The number of anilines is 1. The largest absolute Gasteiger partial charge is 0.377 e. The number of carbonyl (C=O) groups excluding carboxylic acids is 1. The second-order valence-corrected chi connectivity index (χ2v) is 5.89. The molecule has 20 heavy (non-hydrogen) atoms.